The highest BCUT2D eigenvalue weighted by molar-refractivity contribution is 7.90. The average Bonchev–Trinajstić information content (AvgIpc) is 2.60. The quantitative estimate of drug-likeness (QED) is 0.574. The van der Waals surface area contributed by atoms with E-state index in [-0.39, 0.29) is 20.9 Å². The van der Waals surface area contributed by atoms with Crippen LogP contribution >= 0.6 is 0 Å². The summed E-state index contributed by atoms with van der Waals surface area (Å²) in [4.78, 5) is 12.0. The first-order valence-corrected chi connectivity index (χ1v) is 10.1. The fraction of sp³-hybridized carbons (Fsp3) is 0.118. The first-order valence-electron chi connectivity index (χ1n) is 7.01. The van der Waals surface area contributed by atoms with Crippen molar-refractivity contribution in [3.8, 4) is 0 Å². The minimum atomic E-state index is -3.36. The molecule has 0 saturated heterocycles. The van der Waals surface area contributed by atoms with Gasteiger partial charge >= 0.3 is 5.97 Å². The van der Waals surface area contributed by atoms with E-state index in [0.717, 1.165) is 11.7 Å². The van der Waals surface area contributed by atoms with Crippen molar-refractivity contribution in [2.75, 3.05) is 13.4 Å². The lowest BCUT2D eigenvalue weighted by atomic mass is 10.2. The fourth-order valence-corrected chi connectivity index (χ4v) is 3.68. The normalized spacial score (nSPS) is 13.3. The molecule has 0 spiro atoms. The molecule has 0 amide bonds. The molecule has 1 atom stereocenters. The summed E-state index contributed by atoms with van der Waals surface area (Å²) in [7, 11) is -4.02. The Morgan fingerprint density at radius 1 is 1.12 bits per heavy atom. The van der Waals surface area contributed by atoms with Gasteiger partial charge < -0.3 is 9.84 Å². The number of carbonyl (C=O) groups is 1. The summed E-state index contributed by atoms with van der Waals surface area (Å²) in [6, 6.07) is 11.4. The van der Waals surface area contributed by atoms with Crippen LogP contribution in [-0.4, -0.2) is 32.0 Å². The molecule has 0 aliphatic carbocycles. The van der Waals surface area contributed by atoms with Crippen LogP contribution in [0.2, 0.25) is 0 Å². The molecule has 8 heteroatoms. The van der Waals surface area contributed by atoms with Gasteiger partial charge in [-0.05, 0) is 29.8 Å². The zero-order valence-corrected chi connectivity index (χ0v) is 15.1. The van der Waals surface area contributed by atoms with Gasteiger partial charge in [0, 0.05) is 11.7 Å². The maximum Gasteiger partial charge on any atom is 0.339 e. The molecular formula is C17H15O6S2-. The number of sulfone groups is 1. The summed E-state index contributed by atoms with van der Waals surface area (Å²) >= 11 is 0. The maximum absolute atomic E-state index is 12.4. The van der Waals surface area contributed by atoms with Crippen LogP contribution in [0.4, 0.5) is 0 Å². The van der Waals surface area contributed by atoms with Crippen molar-refractivity contribution >= 4 is 32.4 Å². The minimum Gasteiger partial charge on any atom is -0.872 e. The molecule has 2 aromatic carbocycles. The molecule has 0 aliphatic rings. The first kappa shape index (κ1) is 18.9. The number of rotatable bonds is 5. The Kier molecular flexibility index (Phi) is 5.76. The third kappa shape index (κ3) is 4.55. The lowest BCUT2D eigenvalue weighted by Gasteiger charge is -2.13. The highest BCUT2D eigenvalue weighted by Crippen LogP contribution is 2.19. The van der Waals surface area contributed by atoms with Gasteiger partial charge in [-0.2, -0.15) is 0 Å². The lowest BCUT2D eigenvalue weighted by molar-refractivity contribution is -0.243. The third-order valence-corrected chi connectivity index (χ3v) is 5.64. The standard InChI is InChI=1S/C17H16O6S2/c1-23-17(19)14-5-3-4-6-16(14)24(20)11-15(18)12-7-9-13(10-8-12)25(2,21)22/h3-11,18H,1-2H3/p-1/b15-11+. The summed E-state index contributed by atoms with van der Waals surface area (Å²) in [5.41, 5.74) is 0.302. The Morgan fingerprint density at radius 3 is 2.28 bits per heavy atom. The van der Waals surface area contributed by atoms with Gasteiger partial charge in [0.1, 0.15) is 0 Å². The Bertz CT molecular complexity index is 943. The Morgan fingerprint density at radius 2 is 1.72 bits per heavy atom. The van der Waals surface area contributed by atoms with Gasteiger partial charge in [0.2, 0.25) is 0 Å². The van der Waals surface area contributed by atoms with Gasteiger partial charge in [0.15, 0.2) is 9.84 Å². The van der Waals surface area contributed by atoms with E-state index in [2.05, 4.69) is 4.74 Å². The third-order valence-electron chi connectivity index (χ3n) is 3.29. The van der Waals surface area contributed by atoms with Crippen LogP contribution in [0.15, 0.2) is 63.7 Å². The number of methoxy groups -OCH3 is 1. The molecule has 2 aromatic rings. The second kappa shape index (κ2) is 7.62. The van der Waals surface area contributed by atoms with Crippen molar-refractivity contribution < 1.29 is 27.3 Å². The SMILES string of the molecule is COC(=O)c1ccccc1S(=O)/C=C(/[O-])c1ccc(S(C)(=O)=O)cc1. The summed E-state index contributed by atoms with van der Waals surface area (Å²) in [5.74, 6) is -1.19. The monoisotopic (exact) mass is 379 g/mol. The Labute approximate surface area is 148 Å². The van der Waals surface area contributed by atoms with Crippen molar-refractivity contribution in [1.82, 2.24) is 0 Å². The topological polar surface area (TPSA) is 101 Å². The highest BCUT2D eigenvalue weighted by Gasteiger charge is 2.14. The van der Waals surface area contributed by atoms with Crippen LogP contribution in [0.5, 0.6) is 0 Å². The predicted molar refractivity (Wildman–Crippen MR) is 91.7 cm³/mol. The van der Waals surface area contributed by atoms with E-state index in [1.54, 1.807) is 12.1 Å². The van der Waals surface area contributed by atoms with Gasteiger partial charge in [-0.25, -0.2) is 17.4 Å². The molecule has 0 aromatic heterocycles. The highest BCUT2D eigenvalue weighted by atomic mass is 32.2. The van der Waals surface area contributed by atoms with Crippen molar-refractivity contribution in [2.24, 2.45) is 0 Å². The molecule has 2 rings (SSSR count). The van der Waals surface area contributed by atoms with Crippen LogP contribution in [0.3, 0.4) is 0 Å². The number of hydrogen-bond donors (Lipinski definition) is 0. The molecular weight excluding hydrogens is 364 g/mol. The molecule has 0 aliphatic heterocycles. The summed E-state index contributed by atoms with van der Waals surface area (Å²) < 4.78 is 39.9. The van der Waals surface area contributed by atoms with E-state index < -0.39 is 32.4 Å². The number of ether oxygens (including phenoxy) is 1. The largest absolute Gasteiger partial charge is 0.872 e. The molecule has 6 nitrogen and oxygen atoms in total. The van der Waals surface area contributed by atoms with Crippen LogP contribution in [0.25, 0.3) is 5.76 Å². The van der Waals surface area contributed by atoms with E-state index in [9.17, 15) is 22.5 Å². The number of benzene rings is 2. The number of esters is 1. The van der Waals surface area contributed by atoms with Crippen molar-refractivity contribution in [3.05, 3.63) is 65.1 Å². The molecule has 25 heavy (non-hydrogen) atoms. The predicted octanol–water partition coefficient (Wildman–Crippen LogP) is 1.34. The molecule has 0 saturated carbocycles. The minimum absolute atomic E-state index is 0.0845. The molecule has 0 fully saturated rings. The average molecular weight is 379 g/mol. The Hall–Kier alpha value is -2.45. The zero-order chi connectivity index (χ0) is 18.6. The molecule has 0 N–H and O–H groups in total. The maximum atomic E-state index is 12.4. The van der Waals surface area contributed by atoms with Crippen LogP contribution in [0.1, 0.15) is 15.9 Å². The second-order valence-electron chi connectivity index (χ2n) is 5.06. The van der Waals surface area contributed by atoms with Gasteiger partial charge in [0.25, 0.3) is 0 Å². The van der Waals surface area contributed by atoms with E-state index in [1.807, 2.05) is 0 Å². The van der Waals surface area contributed by atoms with Crippen LogP contribution < -0.4 is 5.11 Å². The molecule has 1 unspecified atom stereocenters. The van der Waals surface area contributed by atoms with Crippen LogP contribution in [0, 0.1) is 0 Å². The Balaban J connectivity index is 2.34. The zero-order valence-electron chi connectivity index (χ0n) is 13.5. The fourth-order valence-electron chi connectivity index (χ4n) is 2.02. The van der Waals surface area contributed by atoms with E-state index in [1.165, 1.54) is 43.5 Å². The lowest BCUT2D eigenvalue weighted by Crippen LogP contribution is -2.08. The van der Waals surface area contributed by atoms with E-state index >= 15 is 0 Å². The number of carbonyl (C=O) groups excluding carboxylic acids is 1. The van der Waals surface area contributed by atoms with E-state index in [4.69, 9.17) is 0 Å². The molecule has 0 radical (unpaired) electrons. The van der Waals surface area contributed by atoms with E-state index in [0.29, 0.717) is 0 Å². The summed E-state index contributed by atoms with van der Waals surface area (Å²) in [6.07, 6.45) is 1.06. The summed E-state index contributed by atoms with van der Waals surface area (Å²) in [6.45, 7) is 0. The van der Waals surface area contributed by atoms with Gasteiger partial charge in [-0.3, -0.25) is 0 Å². The van der Waals surface area contributed by atoms with Crippen LogP contribution in [-0.2, 0) is 25.4 Å². The molecule has 0 bridgehead atoms. The van der Waals surface area contributed by atoms with Gasteiger partial charge in [0.05, 0.1) is 33.3 Å². The van der Waals surface area contributed by atoms with Crippen molar-refractivity contribution in [1.29, 1.82) is 0 Å². The number of hydrogen-bond acceptors (Lipinski definition) is 6. The smallest absolute Gasteiger partial charge is 0.339 e. The second-order valence-corrected chi connectivity index (χ2v) is 8.35. The molecule has 132 valence electrons. The van der Waals surface area contributed by atoms with Crippen molar-refractivity contribution in [3.63, 3.8) is 0 Å². The van der Waals surface area contributed by atoms with Gasteiger partial charge in [-0.1, -0.05) is 30.0 Å². The molecule has 0 heterocycles. The first-order chi connectivity index (χ1) is 11.7. The summed E-state index contributed by atoms with van der Waals surface area (Å²) in [5, 5.41) is 13.2. The van der Waals surface area contributed by atoms with Gasteiger partial charge in [-0.15, -0.1) is 0 Å². The van der Waals surface area contributed by atoms with Crippen molar-refractivity contribution in [2.45, 2.75) is 9.79 Å².